The molecule has 0 bridgehead atoms. The summed E-state index contributed by atoms with van der Waals surface area (Å²) in [7, 11) is 0. The zero-order valence-electron chi connectivity index (χ0n) is 20.9. The van der Waals surface area contributed by atoms with E-state index in [1.807, 2.05) is 22.7 Å². The highest BCUT2D eigenvalue weighted by molar-refractivity contribution is 7.27. The molecule has 3 heteroatoms. The van der Waals surface area contributed by atoms with Crippen molar-refractivity contribution >= 4 is 84.8 Å². The number of rotatable bonds is 2. The summed E-state index contributed by atoms with van der Waals surface area (Å²) in [6.45, 7) is 0. The van der Waals surface area contributed by atoms with Crippen molar-refractivity contribution < 1.29 is 0 Å². The molecular weight excluding hydrogens is 511 g/mol. The Labute approximate surface area is 232 Å². The van der Waals surface area contributed by atoms with Crippen LogP contribution in [-0.4, -0.2) is 4.57 Å². The zero-order valence-corrected chi connectivity index (χ0v) is 22.5. The first-order valence-electron chi connectivity index (χ1n) is 13.2. The lowest BCUT2D eigenvalue weighted by Gasteiger charge is -2.10. The van der Waals surface area contributed by atoms with Gasteiger partial charge in [0.15, 0.2) is 0 Å². The predicted octanol–water partition coefficient (Wildman–Crippen LogP) is 11.2. The fourth-order valence-corrected chi connectivity index (χ4v) is 8.93. The van der Waals surface area contributed by atoms with E-state index in [4.69, 9.17) is 0 Å². The lowest BCUT2D eigenvalue weighted by molar-refractivity contribution is 1.19. The van der Waals surface area contributed by atoms with Gasteiger partial charge in [0.05, 0.1) is 15.7 Å². The van der Waals surface area contributed by atoms with Crippen LogP contribution in [0.15, 0.2) is 127 Å². The largest absolute Gasteiger partial charge is 0.308 e. The van der Waals surface area contributed by atoms with E-state index in [-0.39, 0.29) is 0 Å². The summed E-state index contributed by atoms with van der Waals surface area (Å²) in [5.74, 6) is 0. The minimum absolute atomic E-state index is 1.20. The first-order valence-corrected chi connectivity index (χ1v) is 14.8. The molecule has 0 unspecified atom stereocenters. The summed E-state index contributed by atoms with van der Waals surface area (Å²) in [6.07, 6.45) is 0. The van der Waals surface area contributed by atoms with Crippen LogP contribution in [0.2, 0.25) is 0 Å². The number of hydrogen-bond donors (Lipinski definition) is 0. The van der Waals surface area contributed by atoms with Gasteiger partial charge >= 0.3 is 0 Å². The van der Waals surface area contributed by atoms with Gasteiger partial charge in [-0.2, -0.15) is 0 Å². The highest BCUT2D eigenvalue weighted by atomic mass is 32.1. The minimum Gasteiger partial charge on any atom is -0.308 e. The molecule has 0 saturated heterocycles. The zero-order chi connectivity index (χ0) is 25.5. The van der Waals surface area contributed by atoms with Gasteiger partial charge in [0.1, 0.15) is 0 Å². The lowest BCUT2D eigenvalue weighted by atomic mass is 9.98. The van der Waals surface area contributed by atoms with E-state index >= 15 is 0 Å². The van der Waals surface area contributed by atoms with Crippen LogP contribution in [0, 0.1) is 0 Å². The molecule has 3 aromatic heterocycles. The molecule has 0 aliphatic rings. The fraction of sp³-hybridized carbons (Fsp3) is 0. The summed E-state index contributed by atoms with van der Waals surface area (Å²) >= 11 is 3.84. The first kappa shape index (κ1) is 21.5. The maximum absolute atomic E-state index is 2.46. The van der Waals surface area contributed by atoms with Crippen molar-refractivity contribution in [3.8, 4) is 16.8 Å². The quantitative estimate of drug-likeness (QED) is 0.209. The monoisotopic (exact) mass is 531 g/mol. The van der Waals surface area contributed by atoms with Crippen LogP contribution in [0.3, 0.4) is 0 Å². The molecule has 0 N–H and O–H groups in total. The highest BCUT2D eigenvalue weighted by Gasteiger charge is 2.21. The van der Waals surface area contributed by atoms with Crippen LogP contribution < -0.4 is 0 Å². The number of para-hydroxylation sites is 2. The average Bonchev–Trinajstić information content (AvgIpc) is 3.66. The lowest BCUT2D eigenvalue weighted by Crippen LogP contribution is -1.93. The van der Waals surface area contributed by atoms with Crippen LogP contribution in [0.4, 0.5) is 0 Å². The van der Waals surface area contributed by atoms with E-state index in [0.717, 1.165) is 0 Å². The van der Waals surface area contributed by atoms with Crippen molar-refractivity contribution in [3.05, 3.63) is 127 Å². The molecule has 0 amide bonds. The highest BCUT2D eigenvalue weighted by Crippen LogP contribution is 2.48. The summed E-state index contributed by atoms with van der Waals surface area (Å²) in [6, 6.07) is 46.6. The third kappa shape index (κ3) is 2.94. The van der Waals surface area contributed by atoms with Crippen LogP contribution >= 0.6 is 22.7 Å². The molecule has 0 saturated carbocycles. The van der Waals surface area contributed by atoms with Crippen molar-refractivity contribution in [1.29, 1.82) is 0 Å². The normalized spacial score (nSPS) is 12.1. The number of nitrogens with zero attached hydrogens (tertiary/aromatic N) is 1. The number of fused-ring (bicyclic) bond motifs is 10. The van der Waals surface area contributed by atoms with Gasteiger partial charge in [-0.15, -0.1) is 22.7 Å². The van der Waals surface area contributed by atoms with Crippen molar-refractivity contribution in [1.82, 2.24) is 4.57 Å². The Balaban J connectivity index is 1.44. The molecule has 0 aliphatic carbocycles. The van der Waals surface area contributed by atoms with Crippen molar-refractivity contribution in [2.24, 2.45) is 0 Å². The van der Waals surface area contributed by atoms with Gasteiger partial charge in [0, 0.05) is 46.9 Å². The molecule has 0 aliphatic heterocycles. The summed E-state index contributed by atoms with van der Waals surface area (Å²) in [5.41, 5.74) is 6.38. The molecule has 0 radical (unpaired) electrons. The van der Waals surface area contributed by atoms with Crippen LogP contribution in [0.1, 0.15) is 0 Å². The molecule has 0 fully saturated rings. The van der Waals surface area contributed by atoms with Crippen molar-refractivity contribution in [3.63, 3.8) is 0 Å². The molecule has 9 aromatic rings. The topological polar surface area (TPSA) is 4.93 Å². The fourth-order valence-electron chi connectivity index (χ4n) is 6.32. The van der Waals surface area contributed by atoms with Crippen molar-refractivity contribution in [2.45, 2.75) is 0 Å². The van der Waals surface area contributed by atoms with Crippen LogP contribution in [-0.2, 0) is 0 Å². The van der Waals surface area contributed by atoms with E-state index in [1.165, 1.54) is 79.0 Å². The SMILES string of the molecule is c1ccc(-n2c3ccccc3c3sc4cccc(-c5cccc6c5sc5c7ccccc7ccc65)c4c32)cc1. The van der Waals surface area contributed by atoms with Gasteiger partial charge in [-0.05, 0) is 40.6 Å². The molecule has 0 atom stereocenters. The number of aromatic nitrogens is 1. The van der Waals surface area contributed by atoms with E-state index in [2.05, 4.69) is 132 Å². The smallest absolute Gasteiger partial charge is 0.0734 e. The second-order valence-electron chi connectivity index (χ2n) is 10.1. The van der Waals surface area contributed by atoms with Gasteiger partial charge in [0.2, 0.25) is 0 Å². The predicted molar refractivity (Wildman–Crippen MR) is 172 cm³/mol. The summed E-state index contributed by atoms with van der Waals surface area (Å²) in [4.78, 5) is 0. The average molecular weight is 532 g/mol. The number of thiophene rings is 2. The van der Waals surface area contributed by atoms with Crippen LogP contribution in [0.25, 0.3) is 79.0 Å². The third-order valence-corrected chi connectivity index (χ3v) is 10.5. The number of benzene rings is 6. The molecule has 1 nitrogen and oxygen atoms in total. The number of hydrogen-bond acceptors (Lipinski definition) is 2. The molecule has 9 rings (SSSR count). The van der Waals surface area contributed by atoms with Crippen LogP contribution in [0.5, 0.6) is 0 Å². The Hall–Kier alpha value is -4.44. The molecule has 182 valence electrons. The second-order valence-corrected chi connectivity index (χ2v) is 12.2. The molecule has 39 heavy (non-hydrogen) atoms. The minimum atomic E-state index is 1.20. The first-order chi connectivity index (χ1) is 19.4. The maximum atomic E-state index is 2.46. The Morgan fingerprint density at radius 2 is 1.15 bits per heavy atom. The van der Waals surface area contributed by atoms with Gasteiger partial charge in [-0.25, -0.2) is 0 Å². The Morgan fingerprint density at radius 3 is 2.08 bits per heavy atom. The van der Waals surface area contributed by atoms with Crippen molar-refractivity contribution in [2.75, 3.05) is 0 Å². The van der Waals surface area contributed by atoms with Gasteiger partial charge in [-0.1, -0.05) is 103 Å². The van der Waals surface area contributed by atoms with Gasteiger partial charge in [0.25, 0.3) is 0 Å². The summed E-state index contributed by atoms with van der Waals surface area (Å²) in [5, 5.41) is 7.97. The van der Waals surface area contributed by atoms with Gasteiger partial charge < -0.3 is 4.57 Å². The Morgan fingerprint density at radius 1 is 0.436 bits per heavy atom. The molecule has 3 heterocycles. The van der Waals surface area contributed by atoms with E-state index in [9.17, 15) is 0 Å². The maximum Gasteiger partial charge on any atom is 0.0734 e. The van der Waals surface area contributed by atoms with Gasteiger partial charge in [-0.3, -0.25) is 0 Å². The Kier molecular flexibility index (Phi) is 4.43. The standard InChI is InChI=1S/C36H21NS2/c1-2-11-23(12-3-1)37-30-18-7-6-14-29(30)36-33(37)32-25(15-9-19-31(32)38-36)26-16-8-17-27-28-21-20-22-10-4-5-13-24(22)34(28)39-35(26)27/h1-21H. The molecular formula is C36H21NS2. The molecule has 6 aromatic carbocycles. The second kappa shape index (κ2) is 8.03. The molecule has 0 spiro atoms. The Bertz CT molecular complexity index is 2390. The van der Waals surface area contributed by atoms with E-state index in [0.29, 0.717) is 0 Å². The van der Waals surface area contributed by atoms with E-state index < -0.39 is 0 Å². The van der Waals surface area contributed by atoms with E-state index in [1.54, 1.807) is 0 Å². The summed E-state index contributed by atoms with van der Waals surface area (Å²) < 4.78 is 7.88. The third-order valence-electron chi connectivity index (χ3n) is 8.00.